The molecule has 2 aromatic carbocycles. The van der Waals surface area contributed by atoms with Crippen molar-refractivity contribution < 1.29 is 0 Å². The van der Waals surface area contributed by atoms with Gasteiger partial charge >= 0.3 is 0 Å². The fourth-order valence-corrected chi connectivity index (χ4v) is 2.86. The summed E-state index contributed by atoms with van der Waals surface area (Å²) in [6.07, 6.45) is 0. The van der Waals surface area contributed by atoms with Crippen LogP contribution in [-0.2, 0) is 5.75 Å². The van der Waals surface area contributed by atoms with Gasteiger partial charge in [-0.1, -0.05) is 65.9 Å². The van der Waals surface area contributed by atoms with Crippen LogP contribution in [-0.4, -0.2) is 15.2 Å². The molecule has 0 unspecified atom stereocenters. The van der Waals surface area contributed by atoms with Crippen LogP contribution in [0.2, 0.25) is 0 Å². The van der Waals surface area contributed by atoms with Gasteiger partial charge in [-0.05, 0) is 25.0 Å². The van der Waals surface area contributed by atoms with Crippen molar-refractivity contribution in [2.24, 2.45) is 0 Å². The van der Waals surface area contributed by atoms with Gasteiger partial charge < -0.3 is 0 Å². The summed E-state index contributed by atoms with van der Waals surface area (Å²) in [4.78, 5) is 4.57. The van der Waals surface area contributed by atoms with Crippen LogP contribution < -0.4 is 0 Å². The number of nitrogens with zero attached hydrogens (tertiary/aromatic N) is 2. The van der Waals surface area contributed by atoms with Crippen LogP contribution in [0, 0.1) is 13.8 Å². The van der Waals surface area contributed by atoms with E-state index in [-0.39, 0.29) is 0 Å². The molecule has 0 aliphatic carbocycles. The van der Waals surface area contributed by atoms with E-state index >= 15 is 0 Å². The van der Waals surface area contributed by atoms with Crippen molar-refractivity contribution in [3.63, 3.8) is 0 Å². The first kappa shape index (κ1) is 13.9. The largest absolute Gasteiger partial charge is 0.258 e. The molecule has 0 saturated heterocycles. The van der Waals surface area contributed by atoms with E-state index in [9.17, 15) is 0 Å². The highest BCUT2D eigenvalue weighted by Crippen LogP contribution is 2.24. The fourth-order valence-electron chi connectivity index (χ4n) is 2.10. The fraction of sp³-hybridized carbons (Fsp3) is 0.176. The Morgan fingerprint density at radius 1 is 1.00 bits per heavy atom. The number of hydrogen-bond acceptors (Lipinski definition) is 3. The number of aromatic amines is 1. The Morgan fingerprint density at radius 2 is 1.76 bits per heavy atom. The lowest BCUT2D eigenvalue weighted by atomic mass is 10.1. The highest BCUT2D eigenvalue weighted by atomic mass is 32.2. The molecule has 1 heterocycles. The number of H-pyrrole nitrogens is 1. The van der Waals surface area contributed by atoms with Crippen LogP contribution in [0.3, 0.4) is 0 Å². The summed E-state index contributed by atoms with van der Waals surface area (Å²) < 4.78 is 0. The first-order valence-electron chi connectivity index (χ1n) is 6.89. The lowest BCUT2D eigenvalue weighted by molar-refractivity contribution is 0.973. The molecular formula is C17H17N3S. The molecule has 1 N–H and O–H groups in total. The average molecular weight is 295 g/mol. The van der Waals surface area contributed by atoms with Crippen molar-refractivity contribution in [2.45, 2.75) is 24.8 Å². The van der Waals surface area contributed by atoms with E-state index in [0.717, 1.165) is 22.3 Å². The normalized spacial score (nSPS) is 10.8. The zero-order valence-electron chi connectivity index (χ0n) is 12.1. The molecule has 3 rings (SSSR count). The molecular weight excluding hydrogens is 278 g/mol. The molecule has 0 fully saturated rings. The number of aromatic nitrogens is 3. The highest BCUT2D eigenvalue weighted by molar-refractivity contribution is 7.98. The maximum Gasteiger partial charge on any atom is 0.209 e. The first-order chi connectivity index (χ1) is 10.2. The molecule has 0 bridgehead atoms. The Balaban J connectivity index is 1.71. The maximum absolute atomic E-state index is 4.57. The summed E-state index contributed by atoms with van der Waals surface area (Å²) in [6.45, 7) is 4.18. The van der Waals surface area contributed by atoms with Gasteiger partial charge in [0.25, 0.3) is 0 Å². The lowest BCUT2D eigenvalue weighted by Gasteiger charge is -2.00. The minimum atomic E-state index is 0.786. The van der Waals surface area contributed by atoms with Gasteiger partial charge in [0.2, 0.25) is 5.16 Å². The molecule has 0 spiro atoms. The first-order valence-corrected chi connectivity index (χ1v) is 7.88. The Hall–Kier alpha value is -2.07. The number of nitrogens with one attached hydrogen (secondary N) is 1. The average Bonchev–Trinajstić information content (AvgIpc) is 2.96. The summed E-state index contributed by atoms with van der Waals surface area (Å²) >= 11 is 1.65. The van der Waals surface area contributed by atoms with Crippen LogP contribution in [0.25, 0.3) is 11.4 Å². The van der Waals surface area contributed by atoms with Gasteiger partial charge in [0.05, 0.1) is 0 Å². The SMILES string of the molecule is Cc1ccc(CSc2n[nH]c(-c3ccccc3C)n2)cc1. The predicted molar refractivity (Wildman–Crippen MR) is 87.3 cm³/mol. The Morgan fingerprint density at radius 3 is 2.52 bits per heavy atom. The molecule has 0 saturated carbocycles. The molecule has 0 radical (unpaired) electrons. The van der Waals surface area contributed by atoms with Crippen LogP contribution in [0.15, 0.2) is 53.7 Å². The molecule has 106 valence electrons. The van der Waals surface area contributed by atoms with Gasteiger partial charge in [0.15, 0.2) is 5.82 Å². The van der Waals surface area contributed by atoms with Crippen molar-refractivity contribution in [3.8, 4) is 11.4 Å². The molecule has 0 aliphatic rings. The third-order valence-electron chi connectivity index (χ3n) is 3.35. The van der Waals surface area contributed by atoms with Crippen LogP contribution in [0.1, 0.15) is 16.7 Å². The molecule has 21 heavy (non-hydrogen) atoms. The molecule has 3 nitrogen and oxygen atoms in total. The molecule has 4 heteroatoms. The van der Waals surface area contributed by atoms with E-state index < -0.39 is 0 Å². The second-order valence-corrected chi connectivity index (χ2v) is 6.00. The molecule has 3 aromatic rings. The van der Waals surface area contributed by atoms with E-state index in [1.165, 1.54) is 16.7 Å². The summed E-state index contributed by atoms with van der Waals surface area (Å²) in [5, 5.41) is 8.11. The zero-order chi connectivity index (χ0) is 14.7. The topological polar surface area (TPSA) is 41.6 Å². The van der Waals surface area contributed by atoms with Gasteiger partial charge in [-0.3, -0.25) is 5.10 Å². The van der Waals surface area contributed by atoms with Crippen molar-refractivity contribution in [3.05, 3.63) is 65.2 Å². The third-order valence-corrected chi connectivity index (χ3v) is 4.27. The Kier molecular flexibility index (Phi) is 4.06. The molecule has 0 amide bonds. The van der Waals surface area contributed by atoms with E-state index in [1.54, 1.807) is 11.8 Å². The number of aryl methyl sites for hydroxylation is 2. The number of rotatable bonds is 4. The predicted octanol–water partition coefficient (Wildman–Crippen LogP) is 4.38. The van der Waals surface area contributed by atoms with Gasteiger partial charge in [0.1, 0.15) is 0 Å². The standard InChI is InChI=1S/C17H17N3S/c1-12-7-9-14(10-8-12)11-21-17-18-16(19-20-17)15-6-4-3-5-13(15)2/h3-10H,11H2,1-2H3,(H,18,19,20). The number of thioether (sulfide) groups is 1. The summed E-state index contributed by atoms with van der Waals surface area (Å²) in [5.41, 5.74) is 4.87. The molecule has 0 atom stereocenters. The van der Waals surface area contributed by atoms with Crippen molar-refractivity contribution in [1.29, 1.82) is 0 Å². The van der Waals surface area contributed by atoms with Gasteiger partial charge in [-0.25, -0.2) is 4.98 Å². The Labute approximate surface area is 128 Å². The quantitative estimate of drug-likeness (QED) is 0.726. The highest BCUT2D eigenvalue weighted by Gasteiger charge is 2.08. The zero-order valence-corrected chi connectivity index (χ0v) is 12.9. The second-order valence-electron chi connectivity index (χ2n) is 5.06. The van der Waals surface area contributed by atoms with Gasteiger partial charge in [-0.15, -0.1) is 5.10 Å². The minimum absolute atomic E-state index is 0.786. The van der Waals surface area contributed by atoms with E-state index in [0.29, 0.717) is 0 Å². The van der Waals surface area contributed by atoms with Crippen LogP contribution in [0.5, 0.6) is 0 Å². The van der Waals surface area contributed by atoms with Crippen LogP contribution in [0.4, 0.5) is 0 Å². The second kappa shape index (κ2) is 6.14. The Bertz CT molecular complexity index is 732. The minimum Gasteiger partial charge on any atom is -0.258 e. The van der Waals surface area contributed by atoms with Crippen molar-refractivity contribution in [1.82, 2.24) is 15.2 Å². The van der Waals surface area contributed by atoms with Crippen molar-refractivity contribution >= 4 is 11.8 Å². The smallest absolute Gasteiger partial charge is 0.209 e. The van der Waals surface area contributed by atoms with E-state index in [4.69, 9.17) is 0 Å². The van der Waals surface area contributed by atoms with Crippen LogP contribution >= 0.6 is 11.8 Å². The van der Waals surface area contributed by atoms with E-state index in [2.05, 4.69) is 65.4 Å². The van der Waals surface area contributed by atoms with Gasteiger partial charge in [-0.2, -0.15) is 0 Å². The summed E-state index contributed by atoms with van der Waals surface area (Å²) in [6, 6.07) is 16.8. The maximum atomic E-state index is 4.57. The summed E-state index contributed by atoms with van der Waals surface area (Å²) in [7, 11) is 0. The molecule has 1 aromatic heterocycles. The molecule has 0 aliphatic heterocycles. The third kappa shape index (κ3) is 3.34. The summed E-state index contributed by atoms with van der Waals surface area (Å²) in [5.74, 6) is 1.71. The monoisotopic (exact) mass is 295 g/mol. The van der Waals surface area contributed by atoms with Crippen molar-refractivity contribution in [2.75, 3.05) is 0 Å². The van der Waals surface area contributed by atoms with Gasteiger partial charge in [0, 0.05) is 11.3 Å². The number of benzene rings is 2. The van der Waals surface area contributed by atoms with E-state index in [1.807, 2.05) is 12.1 Å². The lowest BCUT2D eigenvalue weighted by Crippen LogP contribution is -1.85. The number of hydrogen-bond donors (Lipinski definition) is 1.